The van der Waals surface area contributed by atoms with Crippen LogP contribution in [0.3, 0.4) is 0 Å². The van der Waals surface area contributed by atoms with Crippen molar-refractivity contribution in [2.45, 2.75) is 25.2 Å². The van der Waals surface area contributed by atoms with E-state index in [4.69, 9.17) is 0 Å². The van der Waals surface area contributed by atoms with Gasteiger partial charge in [0.25, 0.3) is 5.91 Å². The number of sulfonamides is 1. The van der Waals surface area contributed by atoms with E-state index in [9.17, 15) is 22.8 Å². The molecule has 1 saturated heterocycles. The normalized spacial score (nSPS) is 15.1. The Labute approximate surface area is 171 Å². The number of methoxy groups -OCH3 is 1. The fourth-order valence-electron chi connectivity index (χ4n) is 2.97. The maximum atomic E-state index is 12.8. The first-order valence-electron chi connectivity index (χ1n) is 9.38. The molecule has 1 fully saturated rings. The smallest absolute Gasteiger partial charge is 0.307 e. The summed E-state index contributed by atoms with van der Waals surface area (Å²) in [5.74, 6) is -0.842. The molecule has 1 aliphatic rings. The molecule has 1 aliphatic heterocycles. The van der Waals surface area contributed by atoms with Crippen LogP contribution in [-0.4, -0.2) is 75.2 Å². The van der Waals surface area contributed by atoms with Crippen molar-refractivity contribution >= 4 is 27.8 Å². The molecule has 29 heavy (non-hydrogen) atoms. The lowest BCUT2D eigenvalue weighted by Gasteiger charge is -2.26. The van der Waals surface area contributed by atoms with Gasteiger partial charge in [0.1, 0.15) is 0 Å². The molecule has 0 bridgehead atoms. The zero-order valence-electron chi connectivity index (χ0n) is 16.9. The number of ether oxygens (including phenoxy) is 1. The van der Waals surface area contributed by atoms with Gasteiger partial charge in [0, 0.05) is 31.7 Å². The van der Waals surface area contributed by atoms with Crippen molar-refractivity contribution in [1.82, 2.24) is 14.5 Å². The van der Waals surface area contributed by atoms with Crippen molar-refractivity contribution in [3.05, 3.63) is 29.8 Å². The van der Waals surface area contributed by atoms with Gasteiger partial charge in [-0.25, -0.2) is 8.42 Å². The molecule has 9 nitrogen and oxygen atoms in total. The van der Waals surface area contributed by atoms with Gasteiger partial charge in [-0.15, -0.1) is 0 Å². The summed E-state index contributed by atoms with van der Waals surface area (Å²) in [6.45, 7) is 4.83. The predicted octanol–water partition coefficient (Wildman–Crippen LogP) is 0.468. The van der Waals surface area contributed by atoms with Gasteiger partial charge < -0.3 is 15.0 Å². The quantitative estimate of drug-likeness (QED) is 0.606. The Bertz CT molecular complexity index is 851. The first-order valence-corrected chi connectivity index (χ1v) is 10.8. The lowest BCUT2D eigenvalue weighted by molar-refractivity contribution is -0.140. The van der Waals surface area contributed by atoms with E-state index in [1.807, 2.05) is 13.8 Å². The second kappa shape index (κ2) is 9.84. The lowest BCUT2D eigenvalue weighted by atomic mass is 10.1. The molecule has 1 N–H and O–H groups in total. The second-order valence-electron chi connectivity index (χ2n) is 7.18. The van der Waals surface area contributed by atoms with E-state index in [1.54, 1.807) is 4.90 Å². The maximum Gasteiger partial charge on any atom is 0.307 e. The van der Waals surface area contributed by atoms with Crippen molar-refractivity contribution < 1.29 is 27.5 Å². The van der Waals surface area contributed by atoms with Crippen LogP contribution >= 0.6 is 0 Å². The lowest BCUT2D eigenvalue weighted by Crippen LogP contribution is -2.49. The van der Waals surface area contributed by atoms with E-state index in [-0.39, 0.29) is 55.2 Å². The van der Waals surface area contributed by atoms with Gasteiger partial charge in [-0.1, -0.05) is 13.8 Å². The van der Waals surface area contributed by atoms with Crippen LogP contribution in [0, 0.1) is 5.92 Å². The summed E-state index contributed by atoms with van der Waals surface area (Å²) in [6, 6.07) is 5.63. The van der Waals surface area contributed by atoms with E-state index < -0.39 is 16.0 Å². The molecule has 2 amide bonds. The second-order valence-corrected chi connectivity index (χ2v) is 9.12. The van der Waals surface area contributed by atoms with Crippen LogP contribution in [0.4, 0.5) is 0 Å². The maximum absolute atomic E-state index is 12.8. The molecule has 160 valence electrons. The summed E-state index contributed by atoms with van der Waals surface area (Å²) in [4.78, 5) is 37.3. The molecular formula is C19H27N3O6S. The third kappa shape index (κ3) is 6.01. The number of rotatable bonds is 8. The largest absolute Gasteiger partial charge is 0.469 e. The first-order chi connectivity index (χ1) is 13.6. The average molecular weight is 426 g/mol. The number of carbonyl (C=O) groups excluding carboxylic acids is 3. The predicted molar refractivity (Wildman–Crippen MR) is 106 cm³/mol. The SMILES string of the molecule is COC(=O)CCN(CC(C)C)C(=O)c1ccc(S(=O)(=O)N2CCNC(=O)C2)cc1. The van der Waals surface area contributed by atoms with Crippen LogP contribution < -0.4 is 5.32 Å². The van der Waals surface area contributed by atoms with Gasteiger partial charge in [0.2, 0.25) is 15.9 Å². The molecule has 10 heteroatoms. The molecule has 1 heterocycles. The highest BCUT2D eigenvalue weighted by Crippen LogP contribution is 2.18. The van der Waals surface area contributed by atoms with Crippen LogP contribution in [0.1, 0.15) is 30.6 Å². The fourth-order valence-corrected chi connectivity index (χ4v) is 4.36. The molecular weight excluding hydrogens is 398 g/mol. The number of hydrogen-bond donors (Lipinski definition) is 1. The minimum atomic E-state index is -3.82. The molecule has 0 atom stereocenters. The number of benzene rings is 1. The Balaban J connectivity index is 2.16. The average Bonchev–Trinajstić information content (AvgIpc) is 2.70. The van der Waals surface area contributed by atoms with Gasteiger partial charge in [0.15, 0.2) is 0 Å². The van der Waals surface area contributed by atoms with Gasteiger partial charge in [-0.3, -0.25) is 14.4 Å². The Morgan fingerprint density at radius 1 is 1.24 bits per heavy atom. The highest BCUT2D eigenvalue weighted by atomic mass is 32.2. The van der Waals surface area contributed by atoms with Gasteiger partial charge in [-0.2, -0.15) is 4.31 Å². The number of piperazine rings is 1. The fraction of sp³-hybridized carbons (Fsp3) is 0.526. The molecule has 0 aliphatic carbocycles. The van der Waals surface area contributed by atoms with Crippen LogP contribution in [-0.2, 0) is 24.3 Å². The van der Waals surface area contributed by atoms with E-state index in [0.29, 0.717) is 12.1 Å². The molecule has 2 rings (SSSR count). The standard InChI is InChI=1S/C19H27N3O6S/c1-14(2)12-21(10-8-18(24)28-3)19(25)15-4-6-16(7-5-15)29(26,27)22-11-9-20-17(23)13-22/h4-7,14H,8-13H2,1-3H3,(H,20,23). The summed E-state index contributed by atoms with van der Waals surface area (Å²) in [5.41, 5.74) is 0.325. The Hall–Kier alpha value is -2.46. The third-order valence-electron chi connectivity index (χ3n) is 4.43. The monoisotopic (exact) mass is 425 g/mol. The van der Waals surface area contributed by atoms with Crippen LogP contribution in [0.2, 0.25) is 0 Å². The van der Waals surface area contributed by atoms with E-state index in [2.05, 4.69) is 10.1 Å². The molecule has 0 spiro atoms. The number of amides is 2. The third-order valence-corrected chi connectivity index (χ3v) is 6.29. The number of carbonyl (C=O) groups is 3. The van der Waals surface area contributed by atoms with Crippen molar-refractivity contribution in [2.75, 3.05) is 39.8 Å². The number of nitrogens with one attached hydrogen (secondary N) is 1. The van der Waals surface area contributed by atoms with E-state index in [0.717, 1.165) is 4.31 Å². The van der Waals surface area contributed by atoms with Crippen molar-refractivity contribution in [2.24, 2.45) is 5.92 Å². The molecule has 0 radical (unpaired) electrons. The van der Waals surface area contributed by atoms with Gasteiger partial charge >= 0.3 is 5.97 Å². The summed E-state index contributed by atoms with van der Waals surface area (Å²) < 4.78 is 31.2. The molecule has 0 unspecified atom stereocenters. The summed E-state index contributed by atoms with van der Waals surface area (Å²) >= 11 is 0. The Morgan fingerprint density at radius 2 is 1.90 bits per heavy atom. The van der Waals surface area contributed by atoms with Gasteiger partial charge in [0.05, 0.1) is 25.0 Å². The van der Waals surface area contributed by atoms with Crippen molar-refractivity contribution in [3.63, 3.8) is 0 Å². The minimum Gasteiger partial charge on any atom is -0.469 e. The number of hydrogen-bond acceptors (Lipinski definition) is 6. The zero-order chi connectivity index (χ0) is 21.6. The van der Waals surface area contributed by atoms with Gasteiger partial charge in [-0.05, 0) is 30.2 Å². The summed E-state index contributed by atoms with van der Waals surface area (Å²) in [7, 11) is -2.52. The zero-order valence-corrected chi connectivity index (χ0v) is 17.7. The van der Waals surface area contributed by atoms with Crippen molar-refractivity contribution in [3.8, 4) is 0 Å². The molecule has 0 aromatic heterocycles. The summed E-state index contributed by atoms with van der Waals surface area (Å²) in [6.07, 6.45) is 0.0818. The Kier molecular flexibility index (Phi) is 7.74. The van der Waals surface area contributed by atoms with Crippen molar-refractivity contribution in [1.29, 1.82) is 0 Å². The molecule has 1 aromatic carbocycles. The summed E-state index contributed by atoms with van der Waals surface area (Å²) in [5, 5.41) is 2.58. The van der Waals surface area contributed by atoms with Crippen LogP contribution in [0.5, 0.6) is 0 Å². The topological polar surface area (TPSA) is 113 Å². The number of esters is 1. The minimum absolute atomic E-state index is 0.0220. The highest BCUT2D eigenvalue weighted by Gasteiger charge is 2.29. The van der Waals surface area contributed by atoms with Crippen LogP contribution in [0.25, 0.3) is 0 Å². The Morgan fingerprint density at radius 3 is 2.45 bits per heavy atom. The van der Waals surface area contributed by atoms with Crippen LogP contribution in [0.15, 0.2) is 29.2 Å². The molecule has 1 aromatic rings. The highest BCUT2D eigenvalue weighted by molar-refractivity contribution is 7.89. The van der Waals surface area contributed by atoms with E-state index in [1.165, 1.54) is 31.4 Å². The van der Waals surface area contributed by atoms with E-state index >= 15 is 0 Å². The number of nitrogens with zero attached hydrogens (tertiary/aromatic N) is 2. The molecule has 0 saturated carbocycles. The first kappa shape index (κ1) is 22.8.